The van der Waals surface area contributed by atoms with Crippen molar-refractivity contribution in [2.75, 3.05) is 5.32 Å². The Balaban J connectivity index is 1.66. The van der Waals surface area contributed by atoms with Crippen LogP contribution in [0.3, 0.4) is 0 Å². The molecule has 0 aliphatic heterocycles. The van der Waals surface area contributed by atoms with E-state index in [-0.39, 0.29) is 11.6 Å². The van der Waals surface area contributed by atoms with Gasteiger partial charge in [0.1, 0.15) is 12.6 Å². The van der Waals surface area contributed by atoms with E-state index in [2.05, 4.69) is 25.1 Å². The number of aromatic nitrogens is 4. The molecule has 3 rings (SSSR count). The van der Waals surface area contributed by atoms with Crippen molar-refractivity contribution in [3.8, 4) is 0 Å². The summed E-state index contributed by atoms with van der Waals surface area (Å²) in [6.45, 7) is 0. The molecule has 0 bridgehead atoms. The van der Waals surface area contributed by atoms with Gasteiger partial charge >= 0.3 is 0 Å². The molecular formula is C12H15N5O2. The van der Waals surface area contributed by atoms with Gasteiger partial charge in [-0.05, 0) is 12.8 Å². The van der Waals surface area contributed by atoms with Gasteiger partial charge in [-0.1, -0.05) is 24.4 Å². The number of carbonyl (C=O) groups excluding carboxylic acids is 1. The van der Waals surface area contributed by atoms with Crippen molar-refractivity contribution in [2.24, 2.45) is 0 Å². The monoisotopic (exact) mass is 261 g/mol. The fourth-order valence-corrected chi connectivity index (χ4v) is 2.35. The third-order valence-corrected chi connectivity index (χ3v) is 3.35. The second-order valence-corrected chi connectivity index (χ2v) is 4.68. The average molecular weight is 261 g/mol. The number of amides is 1. The number of hydrogen-bond donors (Lipinski definition) is 1. The van der Waals surface area contributed by atoms with Gasteiger partial charge in [0, 0.05) is 6.07 Å². The third-order valence-electron chi connectivity index (χ3n) is 3.35. The Kier molecular flexibility index (Phi) is 3.26. The molecule has 0 radical (unpaired) electrons. The van der Waals surface area contributed by atoms with E-state index in [0.717, 1.165) is 12.8 Å². The minimum absolute atomic E-state index is 0.217. The van der Waals surface area contributed by atoms with Gasteiger partial charge in [-0.3, -0.25) is 10.1 Å². The maximum Gasteiger partial charge on any atom is 0.280 e. The number of nitrogens with zero attached hydrogens (tertiary/aromatic N) is 4. The van der Waals surface area contributed by atoms with E-state index in [9.17, 15) is 4.79 Å². The van der Waals surface area contributed by atoms with Crippen LogP contribution in [0.5, 0.6) is 0 Å². The van der Waals surface area contributed by atoms with Gasteiger partial charge < -0.3 is 4.52 Å². The minimum Gasteiger partial charge on any atom is -0.364 e. The lowest BCUT2D eigenvalue weighted by Gasteiger charge is -2.20. The maximum absolute atomic E-state index is 11.7. The topological polar surface area (TPSA) is 85.8 Å². The van der Waals surface area contributed by atoms with Gasteiger partial charge in [-0.15, -0.1) is 5.10 Å². The van der Waals surface area contributed by atoms with Crippen molar-refractivity contribution in [1.29, 1.82) is 0 Å². The van der Waals surface area contributed by atoms with Crippen molar-refractivity contribution < 1.29 is 9.32 Å². The van der Waals surface area contributed by atoms with E-state index < -0.39 is 0 Å². The van der Waals surface area contributed by atoms with E-state index in [1.807, 2.05) is 4.68 Å². The van der Waals surface area contributed by atoms with Gasteiger partial charge in [0.2, 0.25) is 5.95 Å². The van der Waals surface area contributed by atoms with Crippen LogP contribution in [0.4, 0.5) is 5.95 Å². The molecule has 0 spiro atoms. The molecule has 7 nitrogen and oxygen atoms in total. The second-order valence-electron chi connectivity index (χ2n) is 4.68. The van der Waals surface area contributed by atoms with Crippen LogP contribution in [0.2, 0.25) is 0 Å². The summed E-state index contributed by atoms with van der Waals surface area (Å²) >= 11 is 0. The molecule has 0 atom stereocenters. The Hall–Kier alpha value is -2.18. The highest BCUT2D eigenvalue weighted by Gasteiger charge is 2.18. The Bertz CT molecular complexity index is 542. The molecule has 2 aromatic heterocycles. The van der Waals surface area contributed by atoms with Crippen molar-refractivity contribution in [3.63, 3.8) is 0 Å². The molecule has 0 saturated heterocycles. The first kappa shape index (κ1) is 11.9. The van der Waals surface area contributed by atoms with Crippen LogP contribution in [0, 0.1) is 0 Å². The number of anilines is 1. The predicted molar refractivity (Wildman–Crippen MR) is 66.6 cm³/mol. The van der Waals surface area contributed by atoms with Crippen molar-refractivity contribution in [1.82, 2.24) is 19.9 Å². The lowest BCUT2D eigenvalue weighted by molar-refractivity contribution is 0.101. The number of rotatable bonds is 3. The molecule has 1 aliphatic rings. The highest BCUT2D eigenvalue weighted by atomic mass is 16.5. The second kappa shape index (κ2) is 5.21. The van der Waals surface area contributed by atoms with Crippen LogP contribution >= 0.6 is 0 Å². The van der Waals surface area contributed by atoms with E-state index in [4.69, 9.17) is 0 Å². The molecule has 7 heteroatoms. The van der Waals surface area contributed by atoms with Crippen LogP contribution in [0.1, 0.15) is 48.6 Å². The highest BCUT2D eigenvalue weighted by molar-refractivity contribution is 6.01. The molecule has 2 heterocycles. The zero-order chi connectivity index (χ0) is 13.1. The molecule has 1 aliphatic carbocycles. The summed E-state index contributed by atoms with van der Waals surface area (Å²) in [7, 11) is 0. The molecule has 1 amide bonds. The SMILES string of the molecule is O=C(Nc1ncn(C2CCCCC2)n1)c1ccon1. The Labute approximate surface area is 110 Å². The number of nitrogens with one attached hydrogen (secondary N) is 1. The number of carbonyl (C=O) groups is 1. The van der Waals surface area contributed by atoms with Crippen molar-refractivity contribution in [2.45, 2.75) is 38.1 Å². The highest BCUT2D eigenvalue weighted by Crippen LogP contribution is 2.27. The first-order valence-corrected chi connectivity index (χ1v) is 6.46. The standard InChI is InChI=1S/C12H15N5O2/c18-11(10-6-7-19-16-10)14-12-13-8-17(15-12)9-4-2-1-3-5-9/h6-9H,1-5H2,(H,14,15,18). The smallest absolute Gasteiger partial charge is 0.280 e. The average Bonchev–Trinajstić information content (AvgIpc) is 3.11. The number of hydrogen-bond acceptors (Lipinski definition) is 5. The van der Waals surface area contributed by atoms with Gasteiger partial charge in [0.05, 0.1) is 6.04 Å². The Morgan fingerprint density at radius 1 is 1.37 bits per heavy atom. The Morgan fingerprint density at radius 2 is 2.21 bits per heavy atom. The summed E-state index contributed by atoms with van der Waals surface area (Å²) in [6, 6.07) is 1.90. The maximum atomic E-state index is 11.7. The van der Waals surface area contributed by atoms with Crippen LogP contribution < -0.4 is 5.32 Å². The molecule has 2 aromatic rings. The van der Waals surface area contributed by atoms with E-state index in [1.165, 1.54) is 31.6 Å². The molecule has 100 valence electrons. The first-order valence-electron chi connectivity index (χ1n) is 6.46. The van der Waals surface area contributed by atoms with Crippen LogP contribution in [0.25, 0.3) is 0 Å². The Morgan fingerprint density at radius 3 is 2.95 bits per heavy atom. The van der Waals surface area contributed by atoms with Crippen LogP contribution in [-0.2, 0) is 0 Å². The zero-order valence-electron chi connectivity index (χ0n) is 10.5. The van der Waals surface area contributed by atoms with Crippen LogP contribution in [0.15, 0.2) is 23.2 Å². The molecule has 1 fully saturated rings. The van der Waals surface area contributed by atoms with Crippen LogP contribution in [-0.4, -0.2) is 25.8 Å². The molecule has 0 aromatic carbocycles. The van der Waals surface area contributed by atoms with Crippen molar-refractivity contribution in [3.05, 3.63) is 24.4 Å². The summed E-state index contributed by atoms with van der Waals surface area (Å²) in [5.41, 5.74) is 0.217. The van der Waals surface area contributed by atoms with Crippen molar-refractivity contribution >= 4 is 11.9 Å². The van der Waals surface area contributed by atoms with E-state index in [1.54, 1.807) is 6.33 Å². The quantitative estimate of drug-likeness (QED) is 0.913. The summed E-state index contributed by atoms with van der Waals surface area (Å²) in [5.74, 6) is -0.0614. The normalized spacial score (nSPS) is 16.4. The van der Waals surface area contributed by atoms with Gasteiger partial charge in [0.15, 0.2) is 5.69 Å². The van der Waals surface area contributed by atoms with Gasteiger partial charge in [0.25, 0.3) is 5.91 Å². The van der Waals surface area contributed by atoms with Gasteiger partial charge in [-0.25, -0.2) is 9.67 Å². The summed E-state index contributed by atoms with van der Waals surface area (Å²) in [4.78, 5) is 15.8. The molecule has 1 saturated carbocycles. The first-order chi connectivity index (χ1) is 9.33. The summed E-state index contributed by atoms with van der Waals surface area (Å²) < 4.78 is 6.46. The lowest BCUT2D eigenvalue weighted by Crippen LogP contribution is -2.15. The van der Waals surface area contributed by atoms with Gasteiger partial charge in [-0.2, -0.15) is 0 Å². The molecule has 1 N–H and O–H groups in total. The largest absolute Gasteiger partial charge is 0.364 e. The minimum atomic E-state index is -0.366. The zero-order valence-corrected chi connectivity index (χ0v) is 10.5. The third kappa shape index (κ3) is 2.64. The molecular weight excluding hydrogens is 246 g/mol. The lowest BCUT2D eigenvalue weighted by atomic mass is 9.96. The fraction of sp³-hybridized carbons (Fsp3) is 0.500. The predicted octanol–water partition coefficient (Wildman–Crippen LogP) is 2.02. The van der Waals surface area contributed by atoms with E-state index in [0.29, 0.717) is 12.0 Å². The van der Waals surface area contributed by atoms with E-state index >= 15 is 0 Å². The summed E-state index contributed by atoms with van der Waals surface area (Å²) in [5, 5.41) is 10.5. The fourth-order valence-electron chi connectivity index (χ4n) is 2.35. The molecule has 19 heavy (non-hydrogen) atoms. The molecule has 0 unspecified atom stereocenters. The summed E-state index contributed by atoms with van der Waals surface area (Å²) in [6.07, 6.45) is 9.02.